The predicted octanol–water partition coefficient (Wildman–Crippen LogP) is 2.20. The van der Waals surface area contributed by atoms with Gasteiger partial charge in [-0.05, 0) is 0 Å². The Kier molecular flexibility index (Phi) is 2.63. The minimum absolute atomic E-state index is 0.635. The summed E-state index contributed by atoms with van der Waals surface area (Å²) in [5, 5.41) is 10.1. The Morgan fingerprint density at radius 2 is 2.08 bits per heavy atom. The van der Waals surface area contributed by atoms with Gasteiger partial charge in [-0.2, -0.15) is 0 Å². The Labute approximate surface area is 98.3 Å². The van der Waals surface area contributed by atoms with Crippen molar-refractivity contribution in [3.63, 3.8) is 0 Å². The third kappa shape index (κ3) is 1.63. The molecule has 0 aliphatic heterocycles. The zero-order chi connectivity index (χ0) is 9.42. The topological polar surface area (TPSA) is 37.3 Å². The standard InChI is InChI=1S/C9H5IO2Te/c10-7-5-3-1-2-4-6(5)13-8(7)9(11)12/h1-4H,(H,11,12). The molecule has 0 fully saturated rings. The van der Waals surface area contributed by atoms with Crippen LogP contribution in [0.1, 0.15) is 8.37 Å². The molecular formula is C9H5IO2Te. The van der Waals surface area contributed by atoms with Crippen molar-refractivity contribution in [3.8, 4) is 0 Å². The number of carboxylic acids is 1. The second-order valence-corrected chi connectivity index (χ2v) is 6.63. The Morgan fingerprint density at radius 3 is 2.69 bits per heavy atom. The number of fused-ring (bicyclic) bond motifs is 1. The molecule has 0 amide bonds. The molecule has 1 aromatic carbocycles. The molecular weight excluding hydrogens is 395 g/mol. The third-order valence-electron chi connectivity index (χ3n) is 1.73. The van der Waals surface area contributed by atoms with Crippen LogP contribution in [0.2, 0.25) is 0 Å². The van der Waals surface area contributed by atoms with Crippen molar-refractivity contribution in [3.05, 3.63) is 31.4 Å². The summed E-state index contributed by atoms with van der Waals surface area (Å²) < 4.78 is 2.82. The number of rotatable bonds is 1. The van der Waals surface area contributed by atoms with Crippen LogP contribution in [0.5, 0.6) is 0 Å². The molecule has 13 heavy (non-hydrogen) atoms. The number of aromatic carboxylic acids is 1. The molecule has 0 aliphatic carbocycles. The first-order valence-corrected chi connectivity index (χ1v) is 7.01. The molecule has 2 rings (SSSR count). The van der Waals surface area contributed by atoms with Crippen molar-refractivity contribution in [2.75, 3.05) is 0 Å². The molecule has 1 heterocycles. The van der Waals surface area contributed by atoms with Crippen molar-refractivity contribution in [1.82, 2.24) is 0 Å². The molecule has 1 aromatic heterocycles. The van der Waals surface area contributed by atoms with Gasteiger partial charge in [0.05, 0.1) is 0 Å². The van der Waals surface area contributed by atoms with E-state index in [2.05, 4.69) is 22.6 Å². The van der Waals surface area contributed by atoms with Gasteiger partial charge in [-0.3, -0.25) is 0 Å². The summed E-state index contributed by atoms with van der Waals surface area (Å²) in [6.45, 7) is 0. The average Bonchev–Trinajstić information content (AvgIpc) is 2.45. The quantitative estimate of drug-likeness (QED) is 0.590. The van der Waals surface area contributed by atoms with E-state index >= 15 is 0 Å². The number of hydrogen-bond donors (Lipinski definition) is 1. The number of benzene rings is 1. The first kappa shape index (κ1) is 9.50. The zero-order valence-electron chi connectivity index (χ0n) is 6.45. The summed E-state index contributed by atoms with van der Waals surface area (Å²) in [6, 6.07) is 7.96. The summed E-state index contributed by atoms with van der Waals surface area (Å²) >= 11 is 1.50. The molecule has 2 nitrogen and oxygen atoms in total. The SMILES string of the molecule is O=C(O)c1[te]c2ccccc2c1I. The maximum absolute atomic E-state index is 10.9. The van der Waals surface area contributed by atoms with Gasteiger partial charge in [0.2, 0.25) is 0 Å². The van der Waals surface area contributed by atoms with Crippen molar-refractivity contribution >= 4 is 57.8 Å². The van der Waals surface area contributed by atoms with Crippen LogP contribution in [0.3, 0.4) is 0 Å². The first-order valence-electron chi connectivity index (χ1n) is 3.60. The van der Waals surface area contributed by atoms with Crippen molar-refractivity contribution in [2.24, 2.45) is 0 Å². The molecule has 1 N–H and O–H groups in total. The van der Waals surface area contributed by atoms with E-state index in [1.54, 1.807) is 0 Å². The van der Waals surface area contributed by atoms with Crippen LogP contribution >= 0.6 is 22.6 Å². The number of hydrogen-bond acceptors (Lipinski definition) is 1. The van der Waals surface area contributed by atoms with Gasteiger partial charge < -0.3 is 0 Å². The fourth-order valence-electron chi connectivity index (χ4n) is 1.15. The third-order valence-corrected chi connectivity index (χ3v) is 7.29. The van der Waals surface area contributed by atoms with E-state index in [0.29, 0.717) is 3.58 Å². The van der Waals surface area contributed by atoms with E-state index in [-0.39, 0.29) is 0 Å². The number of carboxylic acid groups (broad SMARTS) is 1. The van der Waals surface area contributed by atoms with E-state index in [9.17, 15) is 4.79 Å². The van der Waals surface area contributed by atoms with Crippen LogP contribution in [0, 0.1) is 3.57 Å². The van der Waals surface area contributed by atoms with Crippen molar-refractivity contribution in [1.29, 1.82) is 0 Å². The van der Waals surface area contributed by atoms with Gasteiger partial charge in [0.25, 0.3) is 0 Å². The van der Waals surface area contributed by atoms with Crippen LogP contribution in [0.4, 0.5) is 0 Å². The van der Waals surface area contributed by atoms with Crippen LogP contribution in [0.25, 0.3) is 8.79 Å². The number of carbonyl (C=O) groups is 1. The molecule has 2 aromatic rings. The fourth-order valence-corrected chi connectivity index (χ4v) is 5.82. The fraction of sp³-hybridized carbons (Fsp3) is 0. The van der Waals surface area contributed by atoms with Crippen molar-refractivity contribution in [2.45, 2.75) is 0 Å². The van der Waals surface area contributed by atoms with Gasteiger partial charge in [0.1, 0.15) is 0 Å². The second kappa shape index (κ2) is 3.60. The summed E-state index contributed by atoms with van der Waals surface area (Å²) in [4.78, 5) is 10.9. The summed E-state index contributed by atoms with van der Waals surface area (Å²) in [5.74, 6) is -0.747. The van der Waals surface area contributed by atoms with E-state index < -0.39 is 26.4 Å². The summed E-state index contributed by atoms with van der Waals surface area (Å²) in [5.41, 5.74) is 0. The Balaban J connectivity index is 2.81. The normalized spacial score (nSPS) is 10.5. The minimum atomic E-state index is -0.747. The van der Waals surface area contributed by atoms with Crippen LogP contribution in [-0.4, -0.2) is 31.5 Å². The summed E-state index contributed by atoms with van der Waals surface area (Å²) in [7, 11) is 0. The van der Waals surface area contributed by atoms with Crippen LogP contribution in [0.15, 0.2) is 24.3 Å². The molecule has 0 unspecified atom stereocenters. The monoisotopic (exact) mass is 402 g/mol. The molecule has 0 aliphatic rings. The average molecular weight is 400 g/mol. The van der Waals surface area contributed by atoms with Gasteiger partial charge in [0.15, 0.2) is 0 Å². The van der Waals surface area contributed by atoms with Crippen molar-refractivity contribution < 1.29 is 9.90 Å². The predicted molar refractivity (Wildman–Crippen MR) is 60.6 cm³/mol. The zero-order valence-corrected chi connectivity index (χ0v) is 10.9. The first-order chi connectivity index (χ1) is 6.20. The van der Waals surface area contributed by atoms with Crippen LogP contribution < -0.4 is 0 Å². The Hall–Kier alpha value is -0.0504. The van der Waals surface area contributed by atoms with Gasteiger partial charge in [-0.15, -0.1) is 0 Å². The Morgan fingerprint density at radius 1 is 1.38 bits per heavy atom. The van der Waals surface area contributed by atoms with Gasteiger partial charge >= 0.3 is 99.1 Å². The van der Waals surface area contributed by atoms with Gasteiger partial charge in [0, 0.05) is 0 Å². The maximum atomic E-state index is 10.9. The summed E-state index contributed by atoms with van der Waals surface area (Å²) in [6.07, 6.45) is 0. The molecule has 0 spiro atoms. The van der Waals surface area contributed by atoms with Crippen LogP contribution in [-0.2, 0) is 0 Å². The second-order valence-electron chi connectivity index (χ2n) is 2.55. The molecule has 66 valence electrons. The van der Waals surface area contributed by atoms with E-state index in [1.807, 2.05) is 24.3 Å². The molecule has 0 saturated carbocycles. The molecule has 0 bridgehead atoms. The van der Waals surface area contributed by atoms with Gasteiger partial charge in [-0.25, -0.2) is 0 Å². The van der Waals surface area contributed by atoms with E-state index in [4.69, 9.17) is 5.11 Å². The molecule has 0 atom stereocenters. The molecule has 0 radical (unpaired) electrons. The number of halogens is 1. The van der Waals surface area contributed by atoms with E-state index in [0.717, 1.165) is 8.96 Å². The van der Waals surface area contributed by atoms with Gasteiger partial charge in [-0.1, -0.05) is 0 Å². The van der Waals surface area contributed by atoms with E-state index in [1.165, 1.54) is 3.40 Å². The molecule has 0 saturated heterocycles. The molecule has 4 heteroatoms. The Bertz CT molecular complexity index is 475.